The number of carbonyl (C=O) groups excluding carboxylic acids is 2. The summed E-state index contributed by atoms with van der Waals surface area (Å²) in [7, 11) is 0. The number of amides is 2. The summed E-state index contributed by atoms with van der Waals surface area (Å²) in [4.78, 5) is 26.7. The molecule has 124 valence electrons. The number of ether oxygens (including phenoxy) is 1. The summed E-state index contributed by atoms with van der Waals surface area (Å²) in [6, 6.07) is 5.16. The number of benzene rings is 1. The Bertz CT molecular complexity index is 802. The molecular formula is C18H18N2O4. The number of rotatable bonds is 4. The van der Waals surface area contributed by atoms with Gasteiger partial charge in [0.15, 0.2) is 5.58 Å². The van der Waals surface area contributed by atoms with Crippen molar-refractivity contribution in [3.05, 3.63) is 30.9 Å². The van der Waals surface area contributed by atoms with E-state index in [4.69, 9.17) is 9.26 Å². The van der Waals surface area contributed by atoms with Crippen LogP contribution in [0.5, 0.6) is 5.88 Å². The Morgan fingerprint density at radius 2 is 1.96 bits per heavy atom. The number of aromatic nitrogens is 1. The molecule has 0 N–H and O–H groups in total. The van der Waals surface area contributed by atoms with Crippen LogP contribution in [-0.4, -0.2) is 23.6 Å². The Morgan fingerprint density at radius 1 is 1.25 bits per heavy atom. The third-order valence-corrected chi connectivity index (χ3v) is 4.86. The van der Waals surface area contributed by atoms with E-state index in [0.29, 0.717) is 29.1 Å². The van der Waals surface area contributed by atoms with Crippen molar-refractivity contribution >= 4 is 28.5 Å². The van der Waals surface area contributed by atoms with Gasteiger partial charge in [-0.1, -0.05) is 25.5 Å². The van der Waals surface area contributed by atoms with Crippen LogP contribution >= 0.6 is 0 Å². The zero-order valence-corrected chi connectivity index (χ0v) is 13.2. The first-order valence-corrected chi connectivity index (χ1v) is 8.21. The molecule has 1 aliphatic heterocycles. The molecule has 2 fully saturated rings. The maximum Gasteiger partial charge on any atom is 0.262 e. The average molecular weight is 326 g/mol. The summed E-state index contributed by atoms with van der Waals surface area (Å²) < 4.78 is 10.7. The Labute approximate surface area is 139 Å². The van der Waals surface area contributed by atoms with Crippen LogP contribution in [0.1, 0.15) is 25.7 Å². The molecular weight excluding hydrogens is 308 g/mol. The van der Waals surface area contributed by atoms with Gasteiger partial charge in [0.2, 0.25) is 11.8 Å². The van der Waals surface area contributed by atoms with Crippen molar-refractivity contribution < 1.29 is 18.8 Å². The fourth-order valence-corrected chi connectivity index (χ4v) is 3.70. The second kappa shape index (κ2) is 5.78. The number of nitrogens with zero attached hydrogens (tertiary/aromatic N) is 2. The molecule has 1 saturated heterocycles. The van der Waals surface area contributed by atoms with E-state index in [1.54, 1.807) is 24.3 Å². The van der Waals surface area contributed by atoms with E-state index in [-0.39, 0.29) is 23.7 Å². The SMILES string of the molecule is C=CCOc1noc2ccc(N3C(=O)C4CCCCC4C3=O)cc12. The minimum atomic E-state index is -0.166. The zero-order valence-electron chi connectivity index (χ0n) is 13.2. The molecule has 1 aromatic heterocycles. The van der Waals surface area contributed by atoms with Crippen LogP contribution in [0, 0.1) is 11.8 Å². The lowest BCUT2D eigenvalue weighted by molar-refractivity contribution is -0.122. The molecule has 1 aromatic carbocycles. The van der Waals surface area contributed by atoms with E-state index in [1.807, 2.05) is 0 Å². The van der Waals surface area contributed by atoms with Gasteiger partial charge in [-0.15, -0.1) is 0 Å². The van der Waals surface area contributed by atoms with E-state index in [0.717, 1.165) is 25.7 Å². The van der Waals surface area contributed by atoms with Gasteiger partial charge in [0.25, 0.3) is 5.88 Å². The van der Waals surface area contributed by atoms with Gasteiger partial charge in [-0.25, -0.2) is 0 Å². The van der Waals surface area contributed by atoms with Gasteiger partial charge in [0.1, 0.15) is 6.61 Å². The van der Waals surface area contributed by atoms with Crippen molar-refractivity contribution in [1.82, 2.24) is 5.16 Å². The van der Waals surface area contributed by atoms with Crippen molar-refractivity contribution in [3.8, 4) is 5.88 Å². The molecule has 2 unspecified atom stereocenters. The second-order valence-corrected chi connectivity index (χ2v) is 6.28. The van der Waals surface area contributed by atoms with Gasteiger partial charge in [-0.2, -0.15) is 0 Å². The topological polar surface area (TPSA) is 72.6 Å². The highest BCUT2D eigenvalue weighted by atomic mass is 16.5. The quantitative estimate of drug-likeness (QED) is 0.638. The summed E-state index contributed by atoms with van der Waals surface area (Å²) in [6.45, 7) is 3.90. The summed E-state index contributed by atoms with van der Waals surface area (Å²) in [5.74, 6) is -0.173. The third-order valence-electron chi connectivity index (χ3n) is 4.86. The predicted molar refractivity (Wildman–Crippen MR) is 87.6 cm³/mol. The van der Waals surface area contributed by atoms with Crippen LogP contribution in [0.25, 0.3) is 11.0 Å². The largest absolute Gasteiger partial charge is 0.471 e. The Morgan fingerprint density at radius 3 is 2.62 bits per heavy atom. The first-order chi connectivity index (χ1) is 11.7. The molecule has 0 spiro atoms. The Balaban J connectivity index is 1.72. The monoisotopic (exact) mass is 326 g/mol. The number of anilines is 1. The van der Waals surface area contributed by atoms with E-state index >= 15 is 0 Å². The lowest BCUT2D eigenvalue weighted by Gasteiger charge is -2.19. The van der Waals surface area contributed by atoms with Crippen LogP contribution in [0.4, 0.5) is 5.69 Å². The molecule has 2 atom stereocenters. The van der Waals surface area contributed by atoms with Gasteiger partial charge in [-0.3, -0.25) is 14.5 Å². The molecule has 2 heterocycles. The molecule has 2 aliphatic rings. The predicted octanol–water partition coefficient (Wildman–Crippen LogP) is 3.07. The molecule has 1 aliphatic carbocycles. The number of carbonyl (C=O) groups is 2. The minimum absolute atomic E-state index is 0.0888. The van der Waals surface area contributed by atoms with Crippen molar-refractivity contribution in [2.75, 3.05) is 11.5 Å². The van der Waals surface area contributed by atoms with Crippen LogP contribution in [0.2, 0.25) is 0 Å². The molecule has 0 radical (unpaired) electrons. The van der Waals surface area contributed by atoms with Gasteiger partial charge >= 0.3 is 0 Å². The van der Waals surface area contributed by atoms with Crippen LogP contribution in [0.3, 0.4) is 0 Å². The molecule has 2 aromatic rings. The molecule has 6 heteroatoms. The summed E-state index contributed by atoms with van der Waals surface area (Å²) in [5, 5.41) is 4.52. The van der Waals surface area contributed by atoms with Crippen LogP contribution < -0.4 is 9.64 Å². The second-order valence-electron chi connectivity index (χ2n) is 6.28. The Kier molecular flexibility index (Phi) is 3.59. The standard InChI is InChI=1S/C18H18N2O4/c1-2-9-23-16-14-10-11(7-8-15(14)24-19-16)20-17(21)12-5-3-4-6-13(12)18(20)22/h2,7-8,10,12-13H,1,3-6,9H2. The highest BCUT2D eigenvalue weighted by Crippen LogP contribution is 2.41. The summed E-state index contributed by atoms with van der Waals surface area (Å²) in [6.07, 6.45) is 5.24. The molecule has 0 bridgehead atoms. The number of hydrogen-bond acceptors (Lipinski definition) is 5. The lowest BCUT2D eigenvalue weighted by Crippen LogP contribution is -2.30. The summed E-state index contributed by atoms with van der Waals surface area (Å²) >= 11 is 0. The number of fused-ring (bicyclic) bond motifs is 2. The summed E-state index contributed by atoms with van der Waals surface area (Å²) in [5.41, 5.74) is 1.10. The van der Waals surface area contributed by atoms with Gasteiger partial charge in [0, 0.05) is 0 Å². The van der Waals surface area contributed by atoms with Crippen LogP contribution in [0.15, 0.2) is 35.4 Å². The Hall–Kier alpha value is -2.63. The van der Waals surface area contributed by atoms with Gasteiger partial charge < -0.3 is 9.26 Å². The normalized spacial score (nSPS) is 23.6. The van der Waals surface area contributed by atoms with Gasteiger partial charge in [0.05, 0.1) is 22.9 Å². The van der Waals surface area contributed by atoms with E-state index < -0.39 is 0 Å². The smallest absolute Gasteiger partial charge is 0.262 e. The first kappa shape index (κ1) is 14.9. The van der Waals surface area contributed by atoms with Crippen molar-refractivity contribution in [2.45, 2.75) is 25.7 Å². The average Bonchev–Trinajstić information content (AvgIpc) is 3.12. The fraction of sp³-hybridized carbons (Fsp3) is 0.389. The van der Waals surface area contributed by atoms with Crippen molar-refractivity contribution in [2.24, 2.45) is 11.8 Å². The molecule has 6 nitrogen and oxygen atoms in total. The minimum Gasteiger partial charge on any atom is -0.471 e. The molecule has 1 saturated carbocycles. The maximum absolute atomic E-state index is 12.7. The highest BCUT2D eigenvalue weighted by molar-refractivity contribution is 6.22. The molecule has 24 heavy (non-hydrogen) atoms. The zero-order chi connectivity index (χ0) is 16.7. The number of imide groups is 1. The lowest BCUT2D eigenvalue weighted by atomic mass is 9.81. The fourth-order valence-electron chi connectivity index (χ4n) is 3.70. The van der Waals surface area contributed by atoms with E-state index in [2.05, 4.69) is 11.7 Å². The van der Waals surface area contributed by atoms with E-state index in [1.165, 1.54) is 4.90 Å². The third kappa shape index (κ3) is 2.21. The van der Waals surface area contributed by atoms with E-state index in [9.17, 15) is 9.59 Å². The molecule has 4 rings (SSSR count). The van der Waals surface area contributed by atoms with Crippen LogP contribution in [-0.2, 0) is 9.59 Å². The highest BCUT2D eigenvalue weighted by Gasteiger charge is 2.48. The van der Waals surface area contributed by atoms with Crippen molar-refractivity contribution in [3.63, 3.8) is 0 Å². The molecule has 2 amide bonds. The van der Waals surface area contributed by atoms with Gasteiger partial charge in [-0.05, 0) is 36.2 Å². The maximum atomic E-state index is 12.7. The van der Waals surface area contributed by atoms with Crippen molar-refractivity contribution in [1.29, 1.82) is 0 Å². The number of hydrogen-bond donors (Lipinski definition) is 0. The first-order valence-electron chi connectivity index (χ1n) is 8.21.